The summed E-state index contributed by atoms with van der Waals surface area (Å²) < 4.78 is 5.55. The second-order valence-electron chi connectivity index (χ2n) is 4.75. The van der Waals surface area contributed by atoms with Crippen molar-refractivity contribution < 1.29 is 14.6 Å². The highest BCUT2D eigenvalue weighted by Crippen LogP contribution is 2.21. The molecule has 1 fully saturated rings. The first-order valence-electron chi connectivity index (χ1n) is 6.61. The summed E-state index contributed by atoms with van der Waals surface area (Å²) in [4.78, 5) is 14.1. The molecule has 0 bridgehead atoms. The second-order valence-corrected chi connectivity index (χ2v) is 4.75. The van der Waals surface area contributed by atoms with Crippen molar-refractivity contribution in [3.63, 3.8) is 0 Å². The van der Waals surface area contributed by atoms with Gasteiger partial charge in [0.2, 0.25) is 0 Å². The molecular formula is C14H20N2O3. The second kappa shape index (κ2) is 5.93. The molecule has 1 atom stereocenters. The number of hydrogen-bond acceptors (Lipinski definition) is 4. The maximum absolute atomic E-state index is 12.4. The molecule has 1 aliphatic heterocycles. The first-order valence-corrected chi connectivity index (χ1v) is 6.61. The zero-order valence-electron chi connectivity index (χ0n) is 11.1. The van der Waals surface area contributed by atoms with Gasteiger partial charge in [-0.15, -0.1) is 0 Å². The Morgan fingerprint density at radius 1 is 1.58 bits per heavy atom. The number of rotatable bonds is 4. The van der Waals surface area contributed by atoms with Gasteiger partial charge in [0, 0.05) is 25.4 Å². The van der Waals surface area contributed by atoms with Crippen LogP contribution in [0.4, 0.5) is 5.69 Å². The van der Waals surface area contributed by atoms with E-state index in [4.69, 9.17) is 10.5 Å². The topological polar surface area (TPSA) is 75.8 Å². The van der Waals surface area contributed by atoms with Crippen LogP contribution in [0.15, 0.2) is 18.2 Å². The Bertz CT molecular complexity index is 456. The molecule has 5 heteroatoms. The number of likely N-dealkylation sites (N-methyl/N-ethyl adjacent to an activating group) is 1. The highest BCUT2D eigenvalue weighted by molar-refractivity contribution is 5.99. The smallest absolute Gasteiger partial charge is 0.256 e. The predicted molar refractivity (Wildman–Crippen MR) is 73.1 cm³/mol. The van der Waals surface area contributed by atoms with E-state index in [0.29, 0.717) is 24.3 Å². The van der Waals surface area contributed by atoms with Gasteiger partial charge >= 0.3 is 0 Å². The van der Waals surface area contributed by atoms with E-state index in [-0.39, 0.29) is 17.8 Å². The number of phenols is 1. The molecule has 19 heavy (non-hydrogen) atoms. The van der Waals surface area contributed by atoms with Crippen LogP contribution in [0.25, 0.3) is 0 Å². The Kier molecular flexibility index (Phi) is 4.27. The van der Waals surface area contributed by atoms with Crippen LogP contribution in [0, 0.1) is 0 Å². The molecule has 1 aliphatic rings. The van der Waals surface area contributed by atoms with Gasteiger partial charge in [-0.2, -0.15) is 0 Å². The molecule has 1 unspecified atom stereocenters. The van der Waals surface area contributed by atoms with Gasteiger partial charge in [0.05, 0.1) is 11.7 Å². The predicted octanol–water partition coefficient (Wildman–Crippen LogP) is 1.62. The lowest BCUT2D eigenvalue weighted by Crippen LogP contribution is -2.37. The zero-order valence-corrected chi connectivity index (χ0v) is 11.1. The Morgan fingerprint density at radius 2 is 2.37 bits per heavy atom. The lowest BCUT2D eigenvalue weighted by atomic mass is 10.1. The molecule has 0 spiro atoms. The average Bonchev–Trinajstić information content (AvgIpc) is 2.91. The minimum atomic E-state index is -0.161. The first kappa shape index (κ1) is 13.7. The average molecular weight is 264 g/mol. The van der Waals surface area contributed by atoms with E-state index in [9.17, 15) is 9.90 Å². The molecule has 0 saturated carbocycles. The molecule has 2 rings (SSSR count). The van der Waals surface area contributed by atoms with E-state index in [1.54, 1.807) is 11.0 Å². The number of hydrogen-bond donors (Lipinski definition) is 2. The standard InChI is InChI=1S/C14H20N2O3/c1-2-16(9-11-4-3-7-19-11)14(18)12-8-10(17)5-6-13(12)15/h5-6,8,11,17H,2-4,7,9,15H2,1H3. The molecule has 104 valence electrons. The maximum atomic E-state index is 12.4. The number of nitrogen functional groups attached to an aromatic ring is 1. The number of ether oxygens (including phenoxy) is 1. The third-order valence-electron chi connectivity index (χ3n) is 3.38. The van der Waals surface area contributed by atoms with E-state index in [1.165, 1.54) is 12.1 Å². The van der Waals surface area contributed by atoms with Crippen molar-refractivity contribution in [2.45, 2.75) is 25.9 Å². The van der Waals surface area contributed by atoms with Crippen molar-refractivity contribution in [3.8, 4) is 5.75 Å². The molecule has 0 aromatic heterocycles. The summed E-state index contributed by atoms with van der Waals surface area (Å²) >= 11 is 0. The number of carbonyl (C=O) groups excluding carboxylic acids is 1. The van der Waals surface area contributed by atoms with Gasteiger partial charge < -0.3 is 20.5 Å². The van der Waals surface area contributed by atoms with Gasteiger partial charge in [-0.1, -0.05) is 0 Å². The van der Waals surface area contributed by atoms with Crippen molar-refractivity contribution in [1.82, 2.24) is 4.90 Å². The van der Waals surface area contributed by atoms with Crippen LogP contribution in [0.1, 0.15) is 30.1 Å². The highest BCUT2D eigenvalue weighted by Gasteiger charge is 2.23. The van der Waals surface area contributed by atoms with E-state index >= 15 is 0 Å². The number of anilines is 1. The number of benzene rings is 1. The van der Waals surface area contributed by atoms with E-state index in [1.807, 2.05) is 6.92 Å². The van der Waals surface area contributed by atoms with Crippen LogP contribution in [0.5, 0.6) is 5.75 Å². The molecule has 1 aromatic carbocycles. The van der Waals surface area contributed by atoms with Gasteiger partial charge in [-0.05, 0) is 38.0 Å². The molecule has 3 N–H and O–H groups in total. The fraction of sp³-hybridized carbons (Fsp3) is 0.500. The summed E-state index contributed by atoms with van der Waals surface area (Å²) in [5, 5.41) is 9.47. The lowest BCUT2D eigenvalue weighted by molar-refractivity contribution is 0.0539. The summed E-state index contributed by atoms with van der Waals surface area (Å²) in [6.45, 7) is 3.86. The summed E-state index contributed by atoms with van der Waals surface area (Å²) in [6, 6.07) is 4.43. The number of nitrogens with zero attached hydrogens (tertiary/aromatic N) is 1. The largest absolute Gasteiger partial charge is 0.508 e. The Morgan fingerprint density at radius 3 is 3.00 bits per heavy atom. The van der Waals surface area contributed by atoms with Crippen molar-refractivity contribution >= 4 is 11.6 Å². The highest BCUT2D eigenvalue weighted by atomic mass is 16.5. The molecule has 1 aromatic rings. The van der Waals surface area contributed by atoms with Gasteiger partial charge in [0.15, 0.2) is 0 Å². The fourth-order valence-electron chi connectivity index (χ4n) is 2.29. The van der Waals surface area contributed by atoms with Crippen molar-refractivity contribution in [3.05, 3.63) is 23.8 Å². The Balaban J connectivity index is 2.12. The Labute approximate surface area is 113 Å². The van der Waals surface area contributed by atoms with Crippen LogP contribution < -0.4 is 5.73 Å². The van der Waals surface area contributed by atoms with Crippen LogP contribution >= 0.6 is 0 Å². The third kappa shape index (κ3) is 3.17. The van der Waals surface area contributed by atoms with Crippen molar-refractivity contribution in [1.29, 1.82) is 0 Å². The molecule has 1 saturated heterocycles. The molecule has 5 nitrogen and oxygen atoms in total. The van der Waals surface area contributed by atoms with Crippen molar-refractivity contribution in [2.24, 2.45) is 0 Å². The lowest BCUT2D eigenvalue weighted by Gasteiger charge is -2.24. The third-order valence-corrected chi connectivity index (χ3v) is 3.38. The number of aromatic hydroxyl groups is 1. The number of phenolic OH excluding ortho intramolecular Hbond substituents is 1. The van der Waals surface area contributed by atoms with Gasteiger partial charge in [0.1, 0.15) is 5.75 Å². The number of carbonyl (C=O) groups is 1. The number of amides is 1. The normalized spacial score (nSPS) is 18.5. The Hall–Kier alpha value is -1.75. The SMILES string of the molecule is CCN(CC1CCCO1)C(=O)c1cc(O)ccc1N. The van der Waals surface area contributed by atoms with Crippen LogP contribution in [-0.4, -0.2) is 41.7 Å². The van der Waals surface area contributed by atoms with Crippen LogP contribution in [0.2, 0.25) is 0 Å². The van der Waals surface area contributed by atoms with Crippen molar-refractivity contribution in [2.75, 3.05) is 25.4 Å². The quantitative estimate of drug-likeness (QED) is 0.640. The summed E-state index contributed by atoms with van der Waals surface area (Å²) in [7, 11) is 0. The van der Waals surface area contributed by atoms with Crippen LogP contribution in [0.3, 0.4) is 0 Å². The number of nitrogens with two attached hydrogens (primary N) is 1. The van der Waals surface area contributed by atoms with Gasteiger partial charge in [-0.25, -0.2) is 0 Å². The van der Waals surface area contributed by atoms with Gasteiger partial charge in [0.25, 0.3) is 5.91 Å². The molecule has 1 amide bonds. The first-order chi connectivity index (χ1) is 9.11. The summed E-state index contributed by atoms with van der Waals surface area (Å²) in [5.74, 6) is -0.114. The maximum Gasteiger partial charge on any atom is 0.256 e. The van der Waals surface area contributed by atoms with Gasteiger partial charge in [-0.3, -0.25) is 4.79 Å². The van der Waals surface area contributed by atoms with E-state index in [2.05, 4.69) is 0 Å². The minimum Gasteiger partial charge on any atom is -0.508 e. The molecule has 0 aliphatic carbocycles. The summed E-state index contributed by atoms with van der Waals surface area (Å²) in [5.41, 5.74) is 6.53. The minimum absolute atomic E-state index is 0.0470. The van der Waals surface area contributed by atoms with Crippen LogP contribution in [-0.2, 0) is 4.74 Å². The zero-order chi connectivity index (χ0) is 13.8. The van der Waals surface area contributed by atoms with E-state index < -0.39 is 0 Å². The monoisotopic (exact) mass is 264 g/mol. The fourth-order valence-corrected chi connectivity index (χ4v) is 2.29. The van der Waals surface area contributed by atoms with E-state index in [0.717, 1.165) is 19.4 Å². The molecule has 0 radical (unpaired) electrons. The summed E-state index contributed by atoms with van der Waals surface area (Å²) in [6.07, 6.45) is 2.15. The molecule has 1 heterocycles. The molecular weight excluding hydrogens is 244 g/mol.